The molecule has 1 heterocycles. The summed E-state index contributed by atoms with van der Waals surface area (Å²) in [6.07, 6.45) is 0. The van der Waals surface area contributed by atoms with Crippen LogP contribution in [-0.2, 0) is 23.9 Å². The van der Waals surface area contributed by atoms with Crippen molar-refractivity contribution < 1.29 is 28.7 Å². The van der Waals surface area contributed by atoms with Crippen molar-refractivity contribution in [2.24, 2.45) is 5.92 Å². The maximum atomic E-state index is 13.3. The molecule has 0 aliphatic carbocycles. The molecule has 1 atom stereocenters. The molecular weight excluding hydrogens is 364 g/mol. The summed E-state index contributed by atoms with van der Waals surface area (Å²) >= 11 is 0. The monoisotopic (exact) mass is 390 g/mol. The topological polar surface area (TPSA) is 93.2 Å². The van der Waals surface area contributed by atoms with Gasteiger partial charge in [-0.25, -0.2) is 4.79 Å². The van der Waals surface area contributed by atoms with Crippen molar-refractivity contribution in [2.45, 2.75) is 46.2 Å². The molecule has 0 N–H and O–H groups in total. The van der Waals surface area contributed by atoms with E-state index < -0.39 is 41.4 Å². The quantitative estimate of drug-likeness (QED) is 0.421. The lowest BCUT2D eigenvalue weighted by molar-refractivity contribution is -0.164. The van der Waals surface area contributed by atoms with Crippen molar-refractivity contribution in [2.75, 3.05) is 18.1 Å². The number of carbonyl (C=O) groups excluding carboxylic acids is 4. The van der Waals surface area contributed by atoms with Crippen molar-refractivity contribution >= 4 is 29.6 Å². The van der Waals surface area contributed by atoms with Gasteiger partial charge in [0.25, 0.3) is 5.91 Å². The Morgan fingerprint density at radius 3 is 1.93 bits per heavy atom. The number of para-hydroxylation sites is 1. The molecule has 1 fully saturated rings. The minimum Gasteiger partial charge on any atom is -0.465 e. The Labute approximate surface area is 164 Å². The molecule has 2 rings (SSSR count). The second-order valence-electron chi connectivity index (χ2n) is 7.26. The van der Waals surface area contributed by atoms with E-state index in [-0.39, 0.29) is 13.2 Å². The average Bonchev–Trinajstić information content (AvgIpc) is 2.87. The van der Waals surface area contributed by atoms with Crippen LogP contribution < -0.4 is 4.90 Å². The van der Waals surface area contributed by atoms with Gasteiger partial charge in [-0.15, -0.1) is 0 Å². The summed E-state index contributed by atoms with van der Waals surface area (Å²) in [5.74, 6) is -4.02. The summed E-state index contributed by atoms with van der Waals surface area (Å²) in [7, 11) is 0. The van der Waals surface area contributed by atoms with E-state index in [1.54, 1.807) is 65.0 Å². The van der Waals surface area contributed by atoms with Crippen molar-refractivity contribution in [1.82, 2.24) is 4.90 Å². The maximum absolute atomic E-state index is 13.3. The van der Waals surface area contributed by atoms with E-state index in [1.165, 1.54) is 4.90 Å². The molecule has 28 heavy (non-hydrogen) atoms. The van der Waals surface area contributed by atoms with Crippen LogP contribution in [0.1, 0.15) is 34.6 Å². The van der Waals surface area contributed by atoms with Gasteiger partial charge >= 0.3 is 18.0 Å². The highest BCUT2D eigenvalue weighted by Gasteiger charge is 2.57. The first-order chi connectivity index (χ1) is 13.1. The summed E-state index contributed by atoms with van der Waals surface area (Å²) in [4.78, 5) is 53.9. The van der Waals surface area contributed by atoms with E-state index in [0.29, 0.717) is 5.69 Å². The van der Waals surface area contributed by atoms with Crippen LogP contribution in [0.5, 0.6) is 0 Å². The molecule has 1 unspecified atom stereocenters. The second kappa shape index (κ2) is 8.41. The average molecular weight is 390 g/mol. The minimum absolute atomic E-state index is 0.0257. The molecule has 1 aromatic rings. The Hall–Kier alpha value is -2.90. The molecule has 0 aromatic heterocycles. The number of benzene rings is 1. The molecule has 1 aromatic carbocycles. The summed E-state index contributed by atoms with van der Waals surface area (Å²) in [6, 6.07) is 6.45. The zero-order valence-corrected chi connectivity index (χ0v) is 16.8. The van der Waals surface area contributed by atoms with E-state index in [9.17, 15) is 19.2 Å². The predicted octanol–water partition coefficient (Wildman–Crippen LogP) is 2.36. The van der Waals surface area contributed by atoms with Crippen LogP contribution >= 0.6 is 0 Å². The molecule has 0 spiro atoms. The number of urea groups is 1. The highest BCUT2D eigenvalue weighted by Crippen LogP contribution is 2.34. The van der Waals surface area contributed by atoms with Gasteiger partial charge in [0, 0.05) is 11.2 Å². The molecule has 0 radical (unpaired) electrons. The molecule has 0 saturated carbocycles. The fraction of sp³-hybridized carbons (Fsp3) is 0.500. The van der Waals surface area contributed by atoms with E-state index >= 15 is 0 Å². The Morgan fingerprint density at radius 1 is 1.00 bits per heavy atom. The molecule has 1 aliphatic rings. The number of imide groups is 1. The van der Waals surface area contributed by atoms with Gasteiger partial charge in [0.15, 0.2) is 5.92 Å². The molecule has 8 nitrogen and oxygen atoms in total. The van der Waals surface area contributed by atoms with Gasteiger partial charge in [0.05, 0.1) is 13.2 Å². The van der Waals surface area contributed by atoms with Gasteiger partial charge in [-0.3, -0.25) is 24.2 Å². The van der Waals surface area contributed by atoms with Crippen LogP contribution in [0.25, 0.3) is 0 Å². The lowest BCUT2D eigenvalue weighted by Crippen LogP contribution is -2.49. The number of hydrogen-bond acceptors (Lipinski definition) is 6. The first-order valence-electron chi connectivity index (χ1n) is 9.20. The summed E-state index contributed by atoms with van der Waals surface area (Å²) < 4.78 is 10.0. The third-order valence-electron chi connectivity index (χ3n) is 4.25. The highest BCUT2D eigenvalue weighted by molar-refractivity contribution is 6.18. The van der Waals surface area contributed by atoms with Gasteiger partial charge in [0.2, 0.25) is 0 Å². The fourth-order valence-corrected chi connectivity index (χ4v) is 3.15. The van der Waals surface area contributed by atoms with Gasteiger partial charge in [0.1, 0.15) is 6.04 Å². The highest BCUT2D eigenvalue weighted by atomic mass is 16.6. The number of anilines is 1. The van der Waals surface area contributed by atoms with Crippen molar-refractivity contribution in [3.8, 4) is 0 Å². The number of hydrogen-bond donors (Lipinski definition) is 0. The number of amides is 3. The summed E-state index contributed by atoms with van der Waals surface area (Å²) in [5.41, 5.74) is -0.444. The van der Waals surface area contributed by atoms with Gasteiger partial charge in [-0.05, 0) is 46.8 Å². The van der Waals surface area contributed by atoms with Crippen LogP contribution in [0.15, 0.2) is 30.3 Å². The van der Waals surface area contributed by atoms with E-state index in [1.807, 2.05) is 0 Å². The zero-order valence-electron chi connectivity index (χ0n) is 16.8. The minimum atomic E-state index is -1.58. The molecule has 152 valence electrons. The van der Waals surface area contributed by atoms with Crippen LogP contribution in [0, 0.1) is 5.92 Å². The number of esters is 2. The third-order valence-corrected chi connectivity index (χ3v) is 4.25. The maximum Gasteiger partial charge on any atom is 0.332 e. The first-order valence-corrected chi connectivity index (χ1v) is 9.20. The molecule has 0 bridgehead atoms. The first kappa shape index (κ1) is 21.4. The number of ether oxygens (including phenoxy) is 2. The van der Waals surface area contributed by atoms with Gasteiger partial charge in [-0.2, -0.15) is 0 Å². The van der Waals surface area contributed by atoms with Crippen LogP contribution in [0.3, 0.4) is 0 Å². The largest absolute Gasteiger partial charge is 0.465 e. The molecule has 1 saturated heterocycles. The Balaban J connectivity index is 2.62. The SMILES string of the molecule is CCOC(=O)C(C(=O)OCC)C1C(=O)N(C(C)(C)C)C(=O)N1c1ccccc1. The van der Waals surface area contributed by atoms with Gasteiger partial charge in [-0.1, -0.05) is 18.2 Å². The predicted molar refractivity (Wildman–Crippen MR) is 101 cm³/mol. The lowest BCUT2D eigenvalue weighted by atomic mass is 9.96. The molecular formula is C20H26N2O6. The standard InChI is InChI=1S/C20H26N2O6/c1-6-27-17(24)14(18(25)28-7-2)15-16(23)22(20(3,4)5)19(26)21(15)13-11-9-8-10-12-13/h8-12,14-15H,6-7H2,1-5H3. The number of nitrogens with zero attached hydrogens (tertiary/aromatic N) is 2. The second-order valence-corrected chi connectivity index (χ2v) is 7.26. The number of rotatable bonds is 6. The lowest BCUT2D eigenvalue weighted by Gasteiger charge is -2.29. The summed E-state index contributed by atoms with van der Waals surface area (Å²) in [5, 5.41) is 0. The Bertz CT molecular complexity index is 738. The van der Waals surface area contributed by atoms with E-state index in [2.05, 4.69) is 0 Å². The van der Waals surface area contributed by atoms with Crippen molar-refractivity contribution in [3.05, 3.63) is 30.3 Å². The van der Waals surface area contributed by atoms with Crippen LogP contribution in [0.4, 0.5) is 10.5 Å². The number of carbonyl (C=O) groups is 4. The Kier molecular flexibility index (Phi) is 6.43. The zero-order chi connectivity index (χ0) is 21.1. The van der Waals surface area contributed by atoms with Crippen molar-refractivity contribution in [1.29, 1.82) is 0 Å². The normalized spacial score (nSPS) is 17.3. The van der Waals surface area contributed by atoms with E-state index in [4.69, 9.17) is 9.47 Å². The van der Waals surface area contributed by atoms with E-state index in [0.717, 1.165) is 4.90 Å². The molecule has 3 amide bonds. The Morgan fingerprint density at radius 2 is 1.50 bits per heavy atom. The molecule has 8 heteroatoms. The third kappa shape index (κ3) is 4.00. The molecule has 1 aliphatic heterocycles. The summed E-state index contributed by atoms with van der Waals surface area (Å²) in [6.45, 7) is 8.36. The fourth-order valence-electron chi connectivity index (χ4n) is 3.15. The van der Waals surface area contributed by atoms with Crippen LogP contribution in [-0.4, -0.2) is 53.6 Å². The van der Waals surface area contributed by atoms with Crippen LogP contribution in [0.2, 0.25) is 0 Å². The van der Waals surface area contributed by atoms with Crippen molar-refractivity contribution in [3.63, 3.8) is 0 Å². The smallest absolute Gasteiger partial charge is 0.332 e. The van der Waals surface area contributed by atoms with Gasteiger partial charge < -0.3 is 9.47 Å².